The lowest BCUT2D eigenvalue weighted by molar-refractivity contribution is -0.274. The molecule has 1 aliphatic rings. The van der Waals surface area contributed by atoms with E-state index in [0.717, 1.165) is 26.2 Å². The van der Waals surface area contributed by atoms with Gasteiger partial charge in [-0.05, 0) is 17.7 Å². The third-order valence-electron chi connectivity index (χ3n) is 3.24. The Morgan fingerprint density at radius 3 is 2.60 bits per heavy atom. The Kier molecular flexibility index (Phi) is 4.85. The summed E-state index contributed by atoms with van der Waals surface area (Å²) in [6, 6.07) is 5.47. The summed E-state index contributed by atoms with van der Waals surface area (Å²) in [5.41, 5.74) is 0.621. The second kappa shape index (κ2) is 6.43. The van der Waals surface area contributed by atoms with Gasteiger partial charge in [0.1, 0.15) is 5.75 Å². The Morgan fingerprint density at radius 2 is 2.00 bits per heavy atom. The number of piperazine rings is 1. The number of benzene rings is 1. The van der Waals surface area contributed by atoms with Crippen molar-refractivity contribution in [1.29, 1.82) is 0 Å². The first-order valence-electron chi connectivity index (χ1n) is 6.41. The van der Waals surface area contributed by atoms with Gasteiger partial charge >= 0.3 is 6.36 Å². The van der Waals surface area contributed by atoms with E-state index in [1.807, 2.05) is 4.90 Å². The van der Waals surface area contributed by atoms with Gasteiger partial charge in [0.05, 0.1) is 12.6 Å². The molecule has 2 N–H and O–H groups in total. The van der Waals surface area contributed by atoms with Crippen LogP contribution in [-0.4, -0.2) is 49.2 Å². The Bertz CT molecular complexity index is 434. The highest BCUT2D eigenvalue weighted by atomic mass is 19.4. The van der Waals surface area contributed by atoms with E-state index < -0.39 is 6.36 Å². The summed E-state index contributed by atoms with van der Waals surface area (Å²) >= 11 is 0. The van der Waals surface area contributed by atoms with Crippen LogP contribution >= 0.6 is 0 Å². The second-order valence-electron chi connectivity index (χ2n) is 4.60. The summed E-state index contributed by atoms with van der Waals surface area (Å²) in [6.07, 6.45) is -4.71. The van der Waals surface area contributed by atoms with E-state index in [0.29, 0.717) is 5.56 Å². The van der Waals surface area contributed by atoms with Gasteiger partial charge in [-0.3, -0.25) is 4.90 Å². The summed E-state index contributed by atoms with van der Waals surface area (Å²) < 4.78 is 40.6. The largest absolute Gasteiger partial charge is 0.573 e. The van der Waals surface area contributed by atoms with Gasteiger partial charge in [-0.1, -0.05) is 12.1 Å². The molecular formula is C13H17F3N2O2. The van der Waals surface area contributed by atoms with Crippen molar-refractivity contribution in [3.63, 3.8) is 0 Å². The molecule has 0 aromatic heterocycles. The molecule has 112 valence electrons. The maximum Gasteiger partial charge on any atom is 0.573 e. The minimum Gasteiger partial charge on any atom is -0.406 e. The summed E-state index contributed by atoms with van der Waals surface area (Å²) in [4.78, 5) is 2.04. The van der Waals surface area contributed by atoms with Crippen LogP contribution in [0.4, 0.5) is 13.2 Å². The number of aliphatic hydroxyl groups is 1. The molecule has 1 aliphatic heterocycles. The highest BCUT2D eigenvalue weighted by Gasteiger charge is 2.31. The van der Waals surface area contributed by atoms with Crippen molar-refractivity contribution >= 4 is 0 Å². The monoisotopic (exact) mass is 290 g/mol. The first kappa shape index (κ1) is 15.1. The van der Waals surface area contributed by atoms with Gasteiger partial charge in [0, 0.05) is 26.2 Å². The van der Waals surface area contributed by atoms with Crippen LogP contribution in [0.1, 0.15) is 11.6 Å². The summed E-state index contributed by atoms with van der Waals surface area (Å²) in [7, 11) is 0. The maximum atomic E-state index is 12.2. The zero-order valence-corrected chi connectivity index (χ0v) is 10.9. The lowest BCUT2D eigenvalue weighted by Gasteiger charge is -2.34. The van der Waals surface area contributed by atoms with Gasteiger partial charge in [-0.2, -0.15) is 0 Å². The van der Waals surface area contributed by atoms with Crippen LogP contribution in [-0.2, 0) is 0 Å². The number of aliphatic hydroxyl groups excluding tert-OH is 1. The average Bonchev–Trinajstić information content (AvgIpc) is 2.39. The minimum atomic E-state index is -4.71. The third kappa shape index (κ3) is 4.09. The van der Waals surface area contributed by atoms with E-state index in [1.54, 1.807) is 6.07 Å². The molecule has 0 spiro atoms. The zero-order chi connectivity index (χ0) is 14.6. The first-order valence-corrected chi connectivity index (χ1v) is 6.41. The van der Waals surface area contributed by atoms with Crippen molar-refractivity contribution in [2.75, 3.05) is 32.8 Å². The lowest BCUT2D eigenvalue weighted by Crippen LogP contribution is -2.46. The molecule has 0 amide bonds. The SMILES string of the molecule is OC[C@@H](c1cccc(OC(F)(F)F)c1)N1CCNCC1. The topological polar surface area (TPSA) is 44.7 Å². The standard InChI is InChI=1S/C13H17F3N2O2/c14-13(15,16)20-11-3-1-2-10(8-11)12(9-19)18-6-4-17-5-7-18/h1-3,8,12,17,19H,4-7,9H2/t12-/m0/s1. The number of nitrogens with zero attached hydrogens (tertiary/aromatic N) is 1. The van der Waals surface area contributed by atoms with E-state index >= 15 is 0 Å². The van der Waals surface area contributed by atoms with Crippen molar-refractivity contribution in [2.45, 2.75) is 12.4 Å². The molecule has 1 heterocycles. The van der Waals surface area contributed by atoms with Crippen LogP contribution < -0.4 is 10.1 Å². The number of hydrogen-bond donors (Lipinski definition) is 2. The Labute approximate surface area is 115 Å². The summed E-state index contributed by atoms with van der Waals surface area (Å²) in [6.45, 7) is 2.95. The highest BCUT2D eigenvalue weighted by Crippen LogP contribution is 2.27. The predicted molar refractivity (Wildman–Crippen MR) is 67.4 cm³/mol. The van der Waals surface area contributed by atoms with Gasteiger partial charge in [-0.15, -0.1) is 13.2 Å². The maximum absolute atomic E-state index is 12.2. The van der Waals surface area contributed by atoms with Crippen molar-refractivity contribution in [2.24, 2.45) is 0 Å². The van der Waals surface area contributed by atoms with Crippen LogP contribution in [0.15, 0.2) is 24.3 Å². The van der Waals surface area contributed by atoms with Crippen LogP contribution in [0.5, 0.6) is 5.75 Å². The van der Waals surface area contributed by atoms with E-state index in [1.165, 1.54) is 18.2 Å². The molecule has 0 bridgehead atoms. The fourth-order valence-electron chi connectivity index (χ4n) is 2.34. The van der Waals surface area contributed by atoms with E-state index in [4.69, 9.17) is 0 Å². The quantitative estimate of drug-likeness (QED) is 0.882. The zero-order valence-electron chi connectivity index (χ0n) is 10.9. The smallest absolute Gasteiger partial charge is 0.406 e. The average molecular weight is 290 g/mol. The Hall–Kier alpha value is -1.31. The van der Waals surface area contributed by atoms with Crippen LogP contribution in [0.3, 0.4) is 0 Å². The van der Waals surface area contributed by atoms with Crippen molar-refractivity contribution < 1.29 is 23.0 Å². The van der Waals surface area contributed by atoms with E-state index in [-0.39, 0.29) is 18.4 Å². The van der Waals surface area contributed by atoms with Gasteiger partial charge in [0.25, 0.3) is 0 Å². The lowest BCUT2D eigenvalue weighted by atomic mass is 10.0. The number of rotatable bonds is 4. The molecule has 2 rings (SSSR count). The number of nitrogens with one attached hydrogen (secondary N) is 1. The molecule has 7 heteroatoms. The van der Waals surface area contributed by atoms with Crippen LogP contribution in [0.25, 0.3) is 0 Å². The number of hydrogen-bond acceptors (Lipinski definition) is 4. The molecule has 1 aromatic rings. The fraction of sp³-hybridized carbons (Fsp3) is 0.538. The second-order valence-corrected chi connectivity index (χ2v) is 4.60. The van der Waals surface area contributed by atoms with Gasteiger partial charge in [-0.25, -0.2) is 0 Å². The molecule has 0 aliphatic carbocycles. The molecular weight excluding hydrogens is 273 g/mol. The molecule has 0 unspecified atom stereocenters. The summed E-state index contributed by atoms with van der Waals surface area (Å²) in [5.74, 6) is -0.261. The fourth-order valence-corrected chi connectivity index (χ4v) is 2.34. The molecule has 1 atom stereocenters. The van der Waals surface area contributed by atoms with Crippen molar-refractivity contribution in [3.05, 3.63) is 29.8 Å². The van der Waals surface area contributed by atoms with Gasteiger partial charge in [0.2, 0.25) is 0 Å². The molecule has 1 saturated heterocycles. The predicted octanol–water partition coefficient (Wildman–Crippen LogP) is 1.52. The highest BCUT2D eigenvalue weighted by molar-refractivity contribution is 5.31. The molecule has 1 aromatic carbocycles. The number of halogens is 3. The number of ether oxygens (including phenoxy) is 1. The first-order chi connectivity index (χ1) is 9.49. The van der Waals surface area contributed by atoms with Gasteiger partial charge < -0.3 is 15.2 Å². The van der Waals surface area contributed by atoms with E-state index in [9.17, 15) is 18.3 Å². The number of alkyl halides is 3. The molecule has 20 heavy (non-hydrogen) atoms. The Morgan fingerprint density at radius 1 is 1.30 bits per heavy atom. The van der Waals surface area contributed by atoms with Crippen LogP contribution in [0.2, 0.25) is 0 Å². The molecule has 1 fully saturated rings. The molecule has 0 saturated carbocycles. The van der Waals surface area contributed by atoms with Crippen molar-refractivity contribution in [3.8, 4) is 5.75 Å². The summed E-state index contributed by atoms with van der Waals surface area (Å²) in [5, 5.41) is 12.7. The molecule has 4 nitrogen and oxygen atoms in total. The van der Waals surface area contributed by atoms with Gasteiger partial charge in [0.15, 0.2) is 0 Å². The minimum absolute atomic E-state index is 0.143. The van der Waals surface area contributed by atoms with E-state index in [2.05, 4.69) is 10.1 Å². The normalized spacial score (nSPS) is 18.8. The Balaban J connectivity index is 2.14. The van der Waals surface area contributed by atoms with Crippen LogP contribution in [0, 0.1) is 0 Å². The third-order valence-corrected chi connectivity index (χ3v) is 3.24. The molecule has 0 radical (unpaired) electrons. The van der Waals surface area contributed by atoms with Crippen molar-refractivity contribution in [1.82, 2.24) is 10.2 Å².